The van der Waals surface area contributed by atoms with Crippen LogP contribution in [-0.2, 0) is 23.1 Å². The number of unbranched alkanes of at least 4 members (excludes halogenated alkanes) is 14. The number of phosphoric ester groups is 1. The minimum absolute atomic E-state index is 0.0345. The van der Waals surface area contributed by atoms with Gasteiger partial charge in [-0.05, 0) is 12.3 Å². The van der Waals surface area contributed by atoms with Gasteiger partial charge in [0, 0.05) is 13.7 Å². The minimum Gasteiger partial charge on any atom is -0.379 e. The first kappa shape index (κ1) is 41.0. The van der Waals surface area contributed by atoms with Crippen LogP contribution >= 0.6 is 7.82 Å². The molecule has 0 aromatic rings. The molecule has 0 aromatic heterocycles. The molecule has 0 fully saturated rings. The van der Waals surface area contributed by atoms with E-state index in [4.69, 9.17) is 18.5 Å². The number of ether oxygens (including phenoxy) is 2. The van der Waals surface area contributed by atoms with E-state index in [1.165, 1.54) is 122 Å². The van der Waals surface area contributed by atoms with E-state index in [0.717, 1.165) is 12.3 Å². The Kier molecular flexibility index (Phi) is 27.5. The van der Waals surface area contributed by atoms with Crippen molar-refractivity contribution >= 4 is 7.82 Å². The fourth-order valence-electron chi connectivity index (χ4n) is 5.07. The highest BCUT2D eigenvalue weighted by Gasteiger charge is 2.24. The van der Waals surface area contributed by atoms with Gasteiger partial charge in [-0.1, -0.05) is 136 Å². The monoisotopic (exact) mass is 609 g/mol. The molecule has 0 saturated carbocycles. The second kappa shape index (κ2) is 27.5. The molecule has 3 atom stereocenters. The number of rotatable bonds is 32. The Labute approximate surface area is 255 Å². The van der Waals surface area contributed by atoms with Gasteiger partial charge in [0.05, 0.1) is 34.4 Å². The van der Waals surface area contributed by atoms with E-state index in [-0.39, 0.29) is 13.2 Å². The molecule has 41 heavy (non-hydrogen) atoms. The van der Waals surface area contributed by atoms with Crippen LogP contribution in [-0.4, -0.2) is 76.7 Å². The van der Waals surface area contributed by atoms with Crippen molar-refractivity contribution in [2.75, 3.05) is 61.2 Å². The lowest BCUT2D eigenvalue weighted by Gasteiger charge is -2.24. The molecule has 0 heterocycles. The van der Waals surface area contributed by atoms with E-state index in [0.29, 0.717) is 24.2 Å². The molecule has 0 radical (unpaired) electrons. The quantitative estimate of drug-likeness (QED) is 0.0466. The summed E-state index contributed by atoms with van der Waals surface area (Å²) in [5.41, 5.74) is 0. The highest BCUT2D eigenvalue weighted by Crippen LogP contribution is 2.43. The summed E-state index contributed by atoms with van der Waals surface area (Å²) in [4.78, 5) is 9.88. The summed E-state index contributed by atoms with van der Waals surface area (Å²) >= 11 is 0. The summed E-state index contributed by atoms with van der Waals surface area (Å²) < 4.78 is 34.0. The van der Waals surface area contributed by atoms with Gasteiger partial charge in [0.15, 0.2) is 0 Å². The van der Waals surface area contributed by atoms with E-state index in [2.05, 4.69) is 13.8 Å². The van der Waals surface area contributed by atoms with Crippen LogP contribution in [0, 0.1) is 5.92 Å². The van der Waals surface area contributed by atoms with Crippen LogP contribution in [0.5, 0.6) is 0 Å². The van der Waals surface area contributed by atoms with Gasteiger partial charge in [-0.2, -0.15) is 0 Å². The Hall–Kier alpha value is -0.0100. The number of likely N-dealkylation sites (N-methyl/N-ethyl adjacent to an activating group) is 1. The van der Waals surface area contributed by atoms with E-state index in [1.54, 1.807) is 7.11 Å². The third kappa shape index (κ3) is 29.8. The van der Waals surface area contributed by atoms with Gasteiger partial charge in [-0.25, -0.2) is 4.57 Å². The predicted molar refractivity (Wildman–Crippen MR) is 173 cm³/mol. The number of phosphoric acid groups is 1. The van der Waals surface area contributed by atoms with Crippen LogP contribution in [0.3, 0.4) is 0 Å². The smallest absolute Gasteiger partial charge is 0.379 e. The molecule has 8 heteroatoms. The lowest BCUT2D eigenvalue weighted by atomic mass is 9.89. The third-order valence-electron chi connectivity index (χ3n) is 7.91. The van der Waals surface area contributed by atoms with Crippen LogP contribution in [0.2, 0.25) is 0 Å². The standard InChI is InChI=1S/C33H70NO6P/c1-7-9-11-13-14-15-16-17-21-25-32(24-20-12-10-8-2)26-22-18-19-23-28-38-30-33(37-6)31-40-41(35,36)39-29-27-34(3,4)5/h32-33H,7-31H2,1-6H3/p+1. The first-order chi connectivity index (χ1) is 19.6. The van der Waals surface area contributed by atoms with Gasteiger partial charge in [-0.15, -0.1) is 0 Å². The van der Waals surface area contributed by atoms with E-state index >= 15 is 0 Å². The summed E-state index contributed by atoms with van der Waals surface area (Å²) in [6, 6.07) is 0. The SMILES string of the molecule is CCCCCCCCCCCC(CCCCCC)CCCCCCOCC(COP(=O)(O)OCC[N+](C)(C)C)OC. The molecule has 3 unspecified atom stereocenters. The molecule has 0 aliphatic carbocycles. The number of quaternary nitrogens is 1. The number of methoxy groups -OCH3 is 1. The molecule has 0 aromatic carbocycles. The van der Waals surface area contributed by atoms with Crippen molar-refractivity contribution in [2.45, 2.75) is 148 Å². The maximum atomic E-state index is 12.1. The highest BCUT2D eigenvalue weighted by atomic mass is 31.2. The average Bonchev–Trinajstić information content (AvgIpc) is 2.91. The van der Waals surface area contributed by atoms with Gasteiger partial charge < -0.3 is 18.9 Å². The van der Waals surface area contributed by atoms with Crippen LogP contribution < -0.4 is 0 Å². The average molecular weight is 609 g/mol. The summed E-state index contributed by atoms with van der Waals surface area (Å²) in [5, 5.41) is 0. The maximum Gasteiger partial charge on any atom is 0.472 e. The molecule has 1 N–H and O–H groups in total. The van der Waals surface area contributed by atoms with E-state index in [1.807, 2.05) is 21.1 Å². The van der Waals surface area contributed by atoms with Crippen molar-refractivity contribution in [3.05, 3.63) is 0 Å². The van der Waals surface area contributed by atoms with Gasteiger partial charge in [0.1, 0.15) is 19.3 Å². The first-order valence-corrected chi connectivity index (χ1v) is 18.7. The zero-order chi connectivity index (χ0) is 30.7. The van der Waals surface area contributed by atoms with Crippen LogP contribution in [0.1, 0.15) is 142 Å². The maximum absolute atomic E-state index is 12.1. The highest BCUT2D eigenvalue weighted by molar-refractivity contribution is 7.47. The first-order valence-electron chi connectivity index (χ1n) is 17.2. The molecule has 248 valence electrons. The molecular formula is C33H71NO6P+. The molecule has 0 aliphatic heterocycles. The predicted octanol–water partition coefficient (Wildman–Crippen LogP) is 9.32. The lowest BCUT2D eigenvalue weighted by Crippen LogP contribution is -2.37. The molecule has 0 aliphatic rings. The van der Waals surface area contributed by atoms with Crippen molar-refractivity contribution in [3.63, 3.8) is 0 Å². The molecule has 0 saturated heterocycles. The van der Waals surface area contributed by atoms with Gasteiger partial charge in [0.2, 0.25) is 0 Å². The molecule has 7 nitrogen and oxygen atoms in total. The Morgan fingerprint density at radius 1 is 0.634 bits per heavy atom. The van der Waals surface area contributed by atoms with Crippen molar-refractivity contribution in [1.82, 2.24) is 0 Å². The van der Waals surface area contributed by atoms with Crippen molar-refractivity contribution in [3.8, 4) is 0 Å². The van der Waals surface area contributed by atoms with Crippen LogP contribution in [0.25, 0.3) is 0 Å². The van der Waals surface area contributed by atoms with E-state index in [9.17, 15) is 9.46 Å². The Morgan fingerprint density at radius 3 is 1.59 bits per heavy atom. The topological polar surface area (TPSA) is 74.2 Å². The fraction of sp³-hybridized carbons (Fsp3) is 1.00. The van der Waals surface area contributed by atoms with Gasteiger partial charge in [-0.3, -0.25) is 9.05 Å². The zero-order valence-electron chi connectivity index (χ0n) is 28.2. The Balaban J connectivity index is 4.00. The summed E-state index contributed by atoms with van der Waals surface area (Å²) in [5.74, 6) is 0.911. The number of hydrogen-bond acceptors (Lipinski definition) is 5. The number of hydrogen-bond donors (Lipinski definition) is 1. The largest absolute Gasteiger partial charge is 0.472 e. The van der Waals surface area contributed by atoms with Crippen LogP contribution in [0.4, 0.5) is 0 Å². The van der Waals surface area contributed by atoms with Crippen molar-refractivity contribution in [2.24, 2.45) is 5.92 Å². The Bertz CT molecular complexity index is 601. The normalized spacial score (nSPS) is 15.2. The second-order valence-electron chi connectivity index (χ2n) is 13.1. The summed E-state index contributed by atoms with van der Waals surface area (Å²) in [7, 11) is 3.46. The molecule has 0 bridgehead atoms. The Morgan fingerprint density at radius 2 is 1.10 bits per heavy atom. The molecule has 0 rings (SSSR count). The fourth-order valence-corrected chi connectivity index (χ4v) is 5.81. The summed E-state index contributed by atoms with van der Waals surface area (Å²) in [6.45, 7) is 6.34. The number of nitrogens with zero attached hydrogens (tertiary/aromatic N) is 1. The van der Waals surface area contributed by atoms with Crippen LogP contribution in [0.15, 0.2) is 0 Å². The third-order valence-corrected chi connectivity index (χ3v) is 8.89. The van der Waals surface area contributed by atoms with E-state index < -0.39 is 13.9 Å². The molecule has 0 spiro atoms. The zero-order valence-corrected chi connectivity index (χ0v) is 29.1. The molecular weight excluding hydrogens is 537 g/mol. The van der Waals surface area contributed by atoms with Gasteiger partial charge in [0.25, 0.3) is 0 Å². The van der Waals surface area contributed by atoms with Gasteiger partial charge >= 0.3 is 7.82 Å². The minimum atomic E-state index is -4.09. The van der Waals surface area contributed by atoms with Crippen molar-refractivity contribution in [1.29, 1.82) is 0 Å². The molecule has 0 amide bonds. The second-order valence-corrected chi connectivity index (χ2v) is 14.5. The summed E-state index contributed by atoms with van der Waals surface area (Å²) in [6.07, 6.45) is 26.8. The lowest BCUT2D eigenvalue weighted by molar-refractivity contribution is -0.870. The van der Waals surface area contributed by atoms with Crippen molar-refractivity contribution < 1.29 is 32.5 Å².